The molecule has 0 heterocycles. The smallest absolute Gasteiger partial charge is 0.327 e. The molecule has 0 amide bonds. The van der Waals surface area contributed by atoms with Crippen LogP contribution in [0.3, 0.4) is 0 Å². The predicted octanol–water partition coefficient (Wildman–Crippen LogP) is 2.98. The van der Waals surface area contributed by atoms with Crippen LogP contribution in [0.5, 0.6) is 0 Å². The van der Waals surface area contributed by atoms with E-state index in [9.17, 15) is 4.79 Å². The molecule has 0 spiro atoms. The van der Waals surface area contributed by atoms with Gasteiger partial charge in [-0.1, -0.05) is 35.3 Å². The third kappa shape index (κ3) is 3.46. The molecule has 92 valence electrons. The van der Waals surface area contributed by atoms with Crippen LogP contribution in [0, 0.1) is 0 Å². The van der Waals surface area contributed by atoms with E-state index in [4.69, 9.17) is 27.9 Å². The predicted molar refractivity (Wildman–Crippen MR) is 69.4 cm³/mol. The number of carbonyl (C=O) groups is 1. The Morgan fingerprint density at radius 2 is 2.12 bits per heavy atom. The van der Waals surface area contributed by atoms with Gasteiger partial charge in [-0.05, 0) is 12.1 Å². The van der Waals surface area contributed by atoms with Crippen molar-refractivity contribution in [1.29, 1.82) is 0 Å². The molecule has 1 N–H and O–H groups in total. The SMILES string of the molecule is C=CCNC(C(=O)OC)c1c(Cl)cccc1Cl. The Labute approximate surface area is 110 Å². The second kappa shape index (κ2) is 6.64. The van der Waals surface area contributed by atoms with Crippen molar-refractivity contribution in [3.8, 4) is 0 Å². The van der Waals surface area contributed by atoms with Crippen LogP contribution < -0.4 is 5.32 Å². The molecule has 17 heavy (non-hydrogen) atoms. The standard InChI is InChI=1S/C12H13Cl2NO2/c1-3-7-15-11(12(16)17-2)10-8(13)5-4-6-9(10)14/h3-6,11,15H,1,7H2,2H3. The summed E-state index contributed by atoms with van der Waals surface area (Å²) in [5.74, 6) is -0.443. The highest BCUT2D eigenvalue weighted by Gasteiger charge is 2.25. The summed E-state index contributed by atoms with van der Waals surface area (Å²) in [6.07, 6.45) is 1.64. The Kier molecular flexibility index (Phi) is 5.48. The van der Waals surface area contributed by atoms with E-state index in [1.54, 1.807) is 24.3 Å². The van der Waals surface area contributed by atoms with E-state index >= 15 is 0 Å². The molecule has 1 atom stereocenters. The molecule has 0 aromatic heterocycles. The highest BCUT2D eigenvalue weighted by atomic mass is 35.5. The highest BCUT2D eigenvalue weighted by Crippen LogP contribution is 2.30. The molecule has 1 aromatic rings. The number of methoxy groups -OCH3 is 1. The number of nitrogens with one attached hydrogen (secondary N) is 1. The van der Waals surface area contributed by atoms with Crippen molar-refractivity contribution in [1.82, 2.24) is 5.32 Å². The van der Waals surface area contributed by atoms with E-state index in [-0.39, 0.29) is 0 Å². The zero-order valence-corrected chi connectivity index (χ0v) is 10.9. The summed E-state index contributed by atoms with van der Waals surface area (Å²) in [6, 6.07) is 4.37. The van der Waals surface area contributed by atoms with E-state index in [0.717, 1.165) is 0 Å². The number of esters is 1. The van der Waals surface area contributed by atoms with Gasteiger partial charge in [-0.25, -0.2) is 4.79 Å². The summed E-state index contributed by atoms with van der Waals surface area (Å²) in [6.45, 7) is 4.02. The first-order chi connectivity index (χ1) is 8.11. The first kappa shape index (κ1) is 14.0. The number of rotatable bonds is 5. The van der Waals surface area contributed by atoms with Gasteiger partial charge in [-0.3, -0.25) is 5.32 Å². The van der Waals surface area contributed by atoms with Crippen molar-refractivity contribution >= 4 is 29.2 Å². The maximum absolute atomic E-state index is 11.7. The lowest BCUT2D eigenvalue weighted by molar-refractivity contribution is -0.143. The minimum atomic E-state index is -0.695. The molecule has 0 radical (unpaired) electrons. The zero-order valence-electron chi connectivity index (χ0n) is 9.37. The number of carbonyl (C=O) groups excluding carboxylic acids is 1. The van der Waals surface area contributed by atoms with E-state index in [0.29, 0.717) is 22.2 Å². The first-order valence-corrected chi connectivity index (χ1v) is 5.73. The summed E-state index contributed by atoms with van der Waals surface area (Å²) in [5.41, 5.74) is 0.518. The highest BCUT2D eigenvalue weighted by molar-refractivity contribution is 6.36. The monoisotopic (exact) mass is 273 g/mol. The lowest BCUT2D eigenvalue weighted by atomic mass is 10.1. The Morgan fingerprint density at radius 3 is 2.59 bits per heavy atom. The number of hydrogen-bond donors (Lipinski definition) is 1. The van der Waals surface area contributed by atoms with Crippen LogP contribution in [0.1, 0.15) is 11.6 Å². The van der Waals surface area contributed by atoms with Crippen molar-refractivity contribution in [3.05, 3.63) is 46.5 Å². The van der Waals surface area contributed by atoms with Gasteiger partial charge in [0.1, 0.15) is 6.04 Å². The molecule has 1 rings (SSSR count). The summed E-state index contributed by atoms with van der Waals surface area (Å²) in [5, 5.41) is 3.80. The lowest BCUT2D eigenvalue weighted by Gasteiger charge is -2.18. The van der Waals surface area contributed by atoms with E-state index in [1.807, 2.05) is 0 Å². The van der Waals surface area contributed by atoms with E-state index in [2.05, 4.69) is 11.9 Å². The molecule has 0 bridgehead atoms. The maximum Gasteiger partial charge on any atom is 0.327 e. The Balaban J connectivity index is 3.11. The topological polar surface area (TPSA) is 38.3 Å². The summed E-state index contributed by atoms with van der Waals surface area (Å²) < 4.78 is 4.72. The molecule has 0 aliphatic carbocycles. The Bertz CT molecular complexity index is 401. The van der Waals surface area contributed by atoms with Gasteiger partial charge in [0, 0.05) is 22.2 Å². The van der Waals surface area contributed by atoms with Gasteiger partial charge in [0.05, 0.1) is 7.11 Å². The zero-order chi connectivity index (χ0) is 12.8. The van der Waals surface area contributed by atoms with Gasteiger partial charge >= 0.3 is 5.97 Å². The van der Waals surface area contributed by atoms with Gasteiger partial charge in [0.2, 0.25) is 0 Å². The van der Waals surface area contributed by atoms with Crippen molar-refractivity contribution < 1.29 is 9.53 Å². The molecule has 0 saturated heterocycles. The Morgan fingerprint density at radius 1 is 1.53 bits per heavy atom. The molecule has 3 nitrogen and oxygen atoms in total. The third-order valence-corrected chi connectivity index (χ3v) is 2.85. The largest absolute Gasteiger partial charge is 0.468 e. The third-order valence-electron chi connectivity index (χ3n) is 2.19. The molecule has 1 aromatic carbocycles. The minimum absolute atomic E-state index is 0.421. The first-order valence-electron chi connectivity index (χ1n) is 4.97. The van der Waals surface area contributed by atoms with Crippen molar-refractivity contribution in [2.45, 2.75) is 6.04 Å². The second-order valence-corrected chi connectivity index (χ2v) is 4.10. The van der Waals surface area contributed by atoms with Gasteiger partial charge in [0.25, 0.3) is 0 Å². The number of hydrogen-bond acceptors (Lipinski definition) is 3. The summed E-state index contributed by atoms with van der Waals surface area (Å²) >= 11 is 12.1. The van der Waals surface area contributed by atoms with Crippen molar-refractivity contribution in [2.75, 3.05) is 13.7 Å². The normalized spacial score (nSPS) is 11.9. The molecular formula is C12H13Cl2NO2. The van der Waals surface area contributed by atoms with Crippen molar-refractivity contribution in [3.63, 3.8) is 0 Å². The summed E-state index contributed by atoms with van der Waals surface area (Å²) in [7, 11) is 1.32. The van der Waals surface area contributed by atoms with Crippen LogP contribution in [0.4, 0.5) is 0 Å². The average molecular weight is 274 g/mol. The van der Waals surface area contributed by atoms with Crippen LogP contribution in [0.15, 0.2) is 30.9 Å². The minimum Gasteiger partial charge on any atom is -0.468 e. The lowest BCUT2D eigenvalue weighted by Crippen LogP contribution is -2.30. The molecule has 5 heteroatoms. The Hall–Kier alpha value is -1.03. The van der Waals surface area contributed by atoms with Crippen LogP contribution in [-0.4, -0.2) is 19.6 Å². The van der Waals surface area contributed by atoms with Gasteiger partial charge in [0.15, 0.2) is 0 Å². The van der Waals surface area contributed by atoms with Crippen LogP contribution in [0.2, 0.25) is 10.0 Å². The molecule has 0 saturated carbocycles. The van der Waals surface area contributed by atoms with Gasteiger partial charge < -0.3 is 4.74 Å². The van der Waals surface area contributed by atoms with Gasteiger partial charge in [-0.15, -0.1) is 6.58 Å². The maximum atomic E-state index is 11.7. The van der Waals surface area contributed by atoms with Crippen molar-refractivity contribution in [2.24, 2.45) is 0 Å². The molecule has 0 fully saturated rings. The average Bonchev–Trinajstić information content (AvgIpc) is 2.32. The molecule has 0 aliphatic heterocycles. The second-order valence-electron chi connectivity index (χ2n) is 3.29. The molecular weight excluding hydrogens is 261 g/mol. The number of halogens is 2. The van der Waals surface area contributed by atoms with Crippen LogP contribution in [0.25, 0.3) is 0 Å². The quantitative estimate of drug-likeness (QED) is 0.662. The van der Waals surface area contributed by atoms with Gasteiger partial charge in [-0.2, -0.15) is 0 Å². The molecule has 1 unspecified atom stereocenters. The van der Waals surface area contributed by atoms with Crippen LogP contribution >= 0.6 is 23.2 Å². The fourth-order valence-electron chi connectivity index (χ4n) is 1.41. The molecule has 0 aliphatic rings. The fraction of sp³-hybridized carbons (Fsp3) is 0.250. The van der Waals surface area contributed by atoms with E-state index < -0.39 is 12.0 Å². The number of benzene rings is 1. The van der Waals surface area contributed by atoms with Crippen LogP contribution in [-0.2, 0) is 9.53 Å². The van der Waals surface area contributed by atoms with E-state index in [1.165, 1.54) is 7.11 Å². The summed E-state index contributed by atoms with van der Waals surface area (Å²) in [4.78, 5) is 11.7. The number of ether oxygens (including phenoxy) is 1. The fourth-order valence-corrected chi connectivity index (χ4v) is 2.02.